The van der Waals surface area contributed by atoms with Crippen LogP contribution in [0, 0.1) is 0 Å². The number of rotatable bonds is 3. The van der Waals surface area contributed by atoms with Crippen molar-refractivity contribution < 1.29 is 17.4 Å². The Hall–Kier alpha value is 0.951. The van der Waals surface area contributed by atoms with Crippen LogP contribution in [0.15, 0.2) is 21.1 Å². The van der Waals surface area contributed by atoms with E-state index in [0.717, 1.165) is 0 Å². The van der Waals surface area contributed by atoms with Crippen molar-refractivity contribution >= 4 is 31.5 Å². The molecule has 1 rings (SSSR count). The predicted molar refractivity (Wildman–Crippen MR) is 87.3 cm³/mol. The van der Waals surface area contributed by atoms with E-state index in [-0.39, 0.29) is 30.4 Å². The molecular weight excluding hydrogens is 317 g/mol. The van der Waals surface area contributed by atoms with Crippen LogP contribution in [0.5, 0.6) is 0 Å². The van der Waals surface area contributed by atoms with E-state index in [9.17, 15) is 0 Å². The molecule has 1 aliphatic rings. The molecule has 1 N–H and O–H groups in total. The van der Waals surface area contributed by atoms with Gasteiger partial charge in [0.25, 0.3) is 0 Å². The predicted octanol–water partition coefficient (Wildman–Crippen LogP) is 4.36. The van der Waals surface area contributed by atoms with Crippen LogP contribution in [0.3, 0.4) is 0 Å². The minimum atomic E-state index is -1.15. The molecule has 18 heavy (non-hydrogen) atoms. The summed E-state index contributed by atoms with van der Waals surface area (Å²) < 4.78 is 5.76. The van der Waals surface area contributed by atoms with Crippen LogP contribution in [0.2, 0.25) is 13.1 Å². The van der Waals surface area contributed by atoms with E-state index in [2.05, 4.69) is 57.6 Å². The second-order valence-electron chi connectivity index (χ2n) is 6.25. The summed E-state index contributed by atoms with van der Waals surface area (Å²) in [6.45, 7) is 16.0. The van der Waals surface area contributed by atoms with Gasteiger partial charge in [0.15, 0.2) is 0 Å². The van der Waals surface area contributed by atoms with Crippen LogP contribution in [0.4, 0.5) is 0 Å². The first kappa shape index (κ1) is 21.3. The molecule has 0 unspecified atom stereocenters. The number of allylic oxidation sites excluding steroid dienone is 4. The topological polar surface area (TPSA) is 12.0 Å². The van der Waals surface area contributed by atoms with Gasteiger partial charge in [-0.1, -0.05) is 0 Å². The summed E-state index contributed by atoms with van der Waals surface area (Å²) in [5.74, 6) is 0. The van der Waals surface area contributed by atoms with Crippen molar-refractivity contribution in [2.45, 2.75) is 59.7 Å². The van der Waals surface area contributed by atoms with Gasteiger partial charge in [0, 0.05) is 0 Å². The van der Waals surface area contributed by atoms with Crippen LogP contribution in [-0.2, 0) is 17.4 Å². The Bertz CT molecular complexity index is 332. The van der Waals surface area contributed by atoms with Crippen LogP contribution in [0.25, 0.3) is 0 Å². The van der Waals surface area contributed by atoms with Gasteiger partial charge in [-0.25, -0.2) is 0 Å². The SMILES string of the molecule is CC1=C(C)C[C]([Ti]([NH]C(C)(C)C)[SiH](C)C)=C1.Cl.Cl. The monoisotopic (exact) mass is 344 g/mol. The van der Waals surface area contributed by atoms with E-state index in [1.165, 1.54) is 12.0 Å². The van der Waals surface area contributed by atoms with Gasteiger partial charge in [-0.3, -0.25) is 0 Å². The first-order valence-electron chi connectivity index (χ1n) is 6.23. The Labute approximate surface area is 133 Å². The van der Waals surface area contributed by atoms with Gasteiger partial charge in [0.05, 0.1) is 0 Å². The summed E-state index contributed by atoms with van der Waals surface area (Å²) in [6, 6.07) is 0. The Morgan fingerprint density at radius 2 is 1.67 bits per heavy atom. The van der Waals surface area contributed by atoms with Gasteiger partial charge in [-0.15, -0.1) is 24.8 Å². The fraction of sp³-hybridized carbons (Fsp3) is 0.692. The molecule has 0 atom stereocenters. The molecule has 1 aliphatic carbocycles. The largest absolute Gasteiger partial charge is 0.147 e. The Morgan fingerprint density at radius 3 is 1.94 bits per heavy atom. The summed E-state index contributed by atoms with van der Waals surface area (Å²) in [4.78, 5) is 0. The molecule has 0 aromatic heterocycles. The molecule has 0 heterocycles. The Morgan fingerprint density at radius 1 is 1.17 bits per heavy atom. The van der Waals surface area contributed by atoms with Crippen molar-refractivity contribution in [2.24, 2.45) is 0 Å². The molecule has 107 valence electrons. The molecule has 0 aliphatic heterocycles. The second kappa shape index (κ2) is 8.29. The summed E-state index contributed by atoms with van der Waals surface area (Å²) in [7, 11) is 0. The Kier molecular flexibility index (Phi) is 9.78. The van der Waals surface area contributed by atoms with Crippen molar-refractivity contribution in [2.75, 3.05) is 0 Å². The van der Waals surface area contributed by atoms with Gasteiger partial charge in [0.2, 0.25) is 0 Å². The minimum Gasteiger partial charge on any atom is -0.147 e. The molecular formula is C13H28Cl2NSiTi. The summed E-state index contributed by atoms with van der Waals surface area (Å²) in [5, 5.41) is 0. The van der Waals surface area contributed by atoms with E-state index < -0.39 is 24.0 Å². The number of nitrogens with one attached hydrogen (secondary N) is 1. The molecule has 0 aromatic carbocycles. The average molecular weight is 345 g/mol. The third kappa shape index (κ3) is 6.40. The third-order valence-electron chi connectivity index (χ3n) is 2.95. The van der Waals surface area contributed by atoms with Gasteiger partial charge < -0.3 is 0 Å². The van der Waals surface area contributed by atoms with E-state index in [0.29, 0.717) is 0 Å². The third-order valence-corrected chi connectivity index (χ3v) is 14.8. The van der Waals surface area contributed by atoms with Crippen LogP contribution in [0.1, 0.15) is 41.0 Å². The first-order valence-corrected chi connectivity index (χ1v) is 13.4. The van der Waals surface area contributed by atoms with Gasteiger partial charge >= 0.3 is 109 Å². The molecule has 5 heteroatoms. The van der Waals surface area contributed by atoms with Crippen molar-refractivity contribution in [1.82, 2.24) is 3.80 Å². The standard InChI is InChI=1S/C7H9.C4H10N.C2H7Si.2ClH.Ti/c1-6-4-3-5-7(6)2;1-4(2,3)5;1-3-2;;;/h4H,5H2,1-2H3;5H,1-3H3;3H,1-2H3;2*1H;/q;-1;;;;+1. The molecule has 0 aromatic rings. The van der Waals surface area contributed by atoms with Gasteiger partial charge in [-0.05, 0) is 0 Å². The number of hydrogen-bond acceptors (Lipinski definition) is 1. The van der Waals surface area contributed by atoms with Gasteiger partial charge in [-0.2, -0.15) is 0 Å². The van der Waals surface area contributed by atoms with Crippen LogP contribution in [-0.4, -0.2) is 12.2 Å². The zero-order valence-electron chi connectivity index (χ0n) is 12.7. The summed E-state index contributed by atoms with van der Waals surface area (Å²) in [6.07, 6.45) is 3.74. The quantitative estimate of drug-likeness (QED) is 0.750. The second-order valence-corrected chi connectivity index (χ2v) is 19.0. The maximum Gasteiger partial charge on any atom is -0.147 e. The van der Waals surface area contributed by atoms with E-state index in [1.54, 1.807) is 9.45 Å². The maximum atomic E-state index is 3.97. The summed E-state index contributed by atoms with van der Waals surface area (Å²) >= 11 is -1.15. The van der Waals surface area contributed by atoms with E-state index in [1.807, 2.05) is 0 Å². The summed E-state index contributed by atoms with van der Waals surface area (Å²) in [5.41, 5.74) is 3.40. The van der Waals surface area contributed by atoms with E-state index >= 15 is 0 Å². The maximum absolute atomic E-state index is 3.97. The molecule has 0 fully saturated rings. The zero-order valence-corrected chi connectivity index (χ0v) is 17.0. The Balaban J connectivity index is 0. The zero-order chi connectivity index (χ0) is 12.5. The van der Waals surface area contributed by atoms with Gasteiger partial charge in [0.1, 0.15) is 0 Å². The van der Waals surface area contributed by atoms with Crippen molar-refractivity contribution in [3.8, 4) is 0 Å². The fourth-order valence-corrected chi connectivity index (χ4v) is 13.2. The first-order chi connectivity index (χ1) is 7.20. The van der Waals surface area contributed by atoms with Crippen molar-refractivity contribution in [1.29, 1.82) is 0 Å². The molecule has 0 spiro atoms. The molecule has 0 radical (unpaired) electrons. The molecule has 0 amide bonds. The fourth-order valence-electron chi connectivity index (χ4n) is 2.03. The molecule has 1 nitrogen and oxygen atoms in total. The van der Waals surface area contributed by atoms with Crippen molar-refractivity contribution in [3.05, 3.63) is 21.1 Å². The smallest absolute Gasteiger partial charge is 0.147 e. The molecule has 0 bridgehead atoms. The van der Waals surface area contributed by atoms with Crippen LogP contribution < -0.4 is 3.80 Å². The number of halogens is 2. The number of hydrogen-bond donors (Lipinski definition) is 1. The van der Waals surface area contributed by atoms with E-state index in [4.69, 9.17) is 0 Å². The molecule has 0 saturated carbocycles. The average Bonchev–Trinajstić information content (AvgIpc) is 2.41. The van der Waals surface area contributed by atoms with Crippen molar-refractivity contribution in [3.63, 3.8) is 0 Å². The van der Waals surface area contributed by atoms with Crippen LogP contribution >= 0.6 is 24.8 Å². The molecule has 0 saturated heterocycles. The minimum absolute atomic E-state index is 0. The normalized spacial score (nSPS) is 15.2.